The molecule has 0 amide bonds. The third kappa shape index (κ3) is 1.73. The van der Waals surface area contributed by atoms with Crippen molar-refractivity contribution in [1.29, 1.82) is 0 Å². The zero-order valence-electron chi connectivity index (χ0n) is 8.72. The Balaban J connectivity index is 2.33. The van der Waals surface area contributed by atoms with Crippen LogP contribution in [-0.4, -0.2) is 6.54 Å². The molecule has 2 N–H and O–H groups in total. The molecule has 0 radical (unpaired) electrons. The highest BCUT2D eigenvalue weighted by atomic mass is 14.5. The highest BCUT2D eigenvalue weighted by molar-refractivity contribution is 5.72. The molecule has 74 valence electrons. The lowest BCUT2D eigenvalue weighted by Crippen LogP contribution is -1.95. The van der Waals surface area contributed by atoms with Gasteiger partial charge in [-0.3, -0.25) is 0 Å². The van der Waals surface area contributed by atoms with Gasteiger partial charge in [0.15, 0.2) is 0 Å². The molecule has 0 unspecified atom stereocenters. The summed E-state index contributed by atoms with van der Waals surface area (Å²) in [7, 11) is 0. The molecule has 0 saturated carbocycles. The lowest BCUT2D eigenvalue weighted by atomic mass is 10.0. The molecule has 14 heavy (non-hydrogen) atoms. The van der Waals surface area contributed by atoms with Crippen LogP contribution in [0.5, 0.6) is 0 Å². The summed E-state index contributed by atoms with van der Waals surface area (Å²) in [6.45, 7) is 2.91. The van der Waals surface area contributed by atoms with Crippen LogP contribution < -0.4 is 5.73 Å². The van der Waals surface area contributed by atoms with Crippen LogP contribution in [0.2, 0.25) is 0 Å². The van der Waals surface area contributed by atoms with Gasteiger partial charge < -0.3 is 5.73 Å². The van der Waals surface area contributed by atoms with Gasteiger partial charge in [0.05, 0.1) is 0 Å². The summed E-state index contributed by atoms with van der Waals surface area (Å²) in [6.07, 6.45) is 5.69. The van der Waals surface area contributed by atoms with E-state index < -0.39 is 0 Å². The lowest BCUT2D eigenvalue weighted by molar-refractivity contribution is 1.000. The molecular formula is C13H17N. The summed E-state index contributed by atoms with van der Waals surface area (Å²) in [5.74, 6) is 0. The van der Waals surface area contributed by atoms with E-state index in [1.807, 2.05) is 0 Å². The van der Waals surface area contributed by atoms with Crippen molar-refractivity contribution in [2.24, 2.45) is 5.73 Å². The Kier molecular flexibility index (Phi) is 2.69. The number of nitrogens with two attached hydrogens (primary N) is 1. The quantitative estimate of drug-likeness (QED) is 0.757. The molecule has 1 aromatic carbocycles. The topological polar surface area (TPSA) is 26.0 Å². The second-order valence-electron chi connectivity index (χ2n) is 3.97. The minimum absolute atomic E-state index is 0.755. The van der Waals surface area contributed by atoms with Crippen LogP contribution in [0.1, 0.15) is 29.5 Å². The maximum absolute atomic E-state index is 5.51. The molecule has 0 spiro atoms. The van der Waals surface area contributed by atoms with Crippen molar-refractivity contribution in [3.05, 3.63) is 41.0 Å². The predicted octanol–water partition coefficient (Wildman–Crippen LogP) is 2.67. The Labute approximate surface area is 85.6 Å². The normalized spacial score (nSPS) is 17.4. The third-order valence-electron chi connectivity index (χ3n) is 2.83. The van der Waals surface area contributed by atoms with Gasteiger partial charge in [-0.05, 0) is 49.4 Å². The summed E-state index contributed by atoms with van der Waals surface area (Å²) in [5.41, 5.74) is 11.3. The van der Waals surface area contributed by atoms with E-state index in [-0.39, 0.29) is 0 Å². The van der Waals surface area contributed by atoms with Crippen molar-refractivity contribution in [2.75, 3.05) is 6.54 Å². The van der Waals surface area contributed by atoms with Crippen LogP contribution in [0, 0.1) is 6.92 Å². The van der Waals surface area contributed by atoms with Crippen LogP contribution in [0.15, 0.2) is 24.3 Å². The van der Waals surface area contributed by atoms with Crippen molar-refractivity contribution in [3.63, 3.8) is 0 Å². The molecule has 1 aliphatic rings. The fourth-order valence-corrected chi connectivity index (χ4v) is 2.08. The lowest BCUT2D eigenvalue weighted by Gasteiger charge is -2.02. The Morgan fingerprint density at radius 3 is 3.00 bits per heavy atom. The first-order chi connectivity index (χ1) is 6.81. The first-order valence-electron chi connectivity index (χ1n) is 5.30. The van der Waals surface area contributed by atoms with E-state index in [1.165, 1.54) is 35.1 Å². The Hall–Kier alpha value is -1.08. The number of rotatable bonds is 2. The molecule has 1 aromatic rings. The Bertz CT molecular complexity index is 363. The average molecular weight is 187 g/mol. The summed E-state index contributed by atoms with van der Waals surface area (Å²) in [5, 5.41) is 0. The number of fused-ring (bicyclic) bond motifs is 1. The molecule has 0 bridgehead atoms. The minimum Gasteiger partial charge on any atom is -0.330 e. The van der Waals surface area contributed by atoms with Gasteiger partial charge in [0.25, 0.3) is 0 Å². The molecule has 1 aliphatic carbocycles. The van der Waals surface area contributed by atoms with E-state index >= 15 is 0 Å². The predicted molar refractivity (Wildman–Crippen MR) is 61.1 cm³/mol. The third-order valence-corrected chi connectivity index (χ3v) is 2.83. The van der Waals surface area contributed by atoms with Crippen molar-refractivity contribution in [1.82, 2.24) is 0 Å². The van der Waals surface area contributed by atoms with Crippen molar-refractivity contribution in [3.8, 4) is 0 Å². The van der Waals surface area contributed by atoms with Gasteiger partial charge in [0.2, 0.25) is 0 Å². The zero-order chi connectivity index (χ0) is 9.97. The van der Waals surface area contributed by atoms with Crippen molar-refractivity contribution in [2.45, 2.75) is 26.2 Å². The number of allylic oxidation sites excluding steroid dienone is 1. The zero-order valence-corrected chi connectivity index (χ0v) is 8.72. The molecule has 1 heteroatoms. The molecule has 1 nitrogen and oxygen atoms in total. The van der Waals surface area contributed by atoms with Crippen LogP contribution in [0.4, 0.5) is 0 Å². The first kappa shape index (κ1) is 9.47. The molecular weight excluding hydrogens is 170 g/mol. The van der Waals surface area contributed by atoms with Crippen LogP contribution in [0.25, 0.3) is 5.57 Å². The number of hydrogen-bond acceptors (Lipinski definition) is 1. The highest BCUT2D eigenvalue weighted by Gasteiger charge is 2.14. The van der Waals surface area contributed by atoms with Gasteiger partial charge in [-0.15, -0.1) is 0 Å². The summed E-state index contributed by atoms with van der Waals surface area (Å²) >= 11 is 0. The first-order valence-corrected chi connectivity index (χ1v) is 5.30. The molecule has 2 rings (SSSR count). The highest BCUT2D eigenvalue weighted by Crippen LogP contribution is 2.32. The molecule has 0 aliphatic heterocycles. The summed E-state index contributed by atoms with van der Waals surface area (Å²) in [6, 6.07) is 6.75. The van der Waals surface area contributed by atoms with E-state index in [0.29, 0.717) is 0 Å². The van der Waals surface area contributed by atoms with Gasteiger partial charge in [-0.25, -0.2) is 0 Å². The van der Waals surface area contributed by atoms with Gasteiger partial charge in [0.1, 0.15) is 0 Å². The Morgan fingerprint density at radius 1 is 1.36 bits per heavy atom. The van der Waals surface area contributed by atoms with E-state index in [1.54, 1.807) is 0 Å². The average Bonchev–Trinajstić information content (AvgIpc) is 2.57. The van der Waals surface area contributed by atoms with Crippen LogP contribution in [-0.2, 0) is 6.42 Å². The maximum Gasteiger partial charge on any atom is -0.00424 e. The smallest absolute Gasteiger partial charge is 0.00424 e. The molecule has 0 fully saturated rings. The summed E-state index contributed by atoms with van der Waals surface area (Å²) in [4.78, 5) is 0. The van der Waals surface area contributed by atoms with Crippen molar-refractivity contribution < 1.29 is 0 Å². The Morgan fingerprint density at radius 2 is 2.21 bits per heavy atom. The molecule has 0 saturated heterocycles. The van der Waals surface area contributed by atoms with Gasteiger partial charge in [0, 0.05) is 0 Å². The minimum atomic E-state index is 0.755. The van der Waals surface area contributed by atoms with Gasteiger partial charge in [-0.2, -0.15) is 0 Å². The maximum atomic E-state index is 5.51. The van der Waals surface area contributed by atoms with Crippen LogP contribution >= 0.6 is 0 Å². The monoisotopic (exact) mass is 187 g/mol. The molecule has 0 heterocycles. The standard InChI is InChI=1S/C13H17N/c1-10-4-5-12-7-6-11(3-2-8-14)13(12)9-10/h3-5,9H,2,6-8,14H2,1H3/b11-3-. The molecule has 0 aromatic heterocycles. The molecule has 0 atom stereocenters. The van der Waals surface area contributed by atoms with E-state index in [0.717, 1.165) is 13.0 Å². The largest absolute Gasteiger partial charge is 0.330 e. The number of aryl methyl sites for hydroxylation is 2. The van der Waals surface area contributed by atoms with Gasteiger partial charge >= 0.3 is 0 Å². The van der Waals surface area contributed by atoms with E-state index in [2.05, 4.69) is 31.2 Å². The van der Waals surface area contributed by atoms with E-state index in [9.17, 15) is 0 Å². The van der Waals surface area contributed by atoms with E-state index in [4.69, 9.17) is 5.73 Å². The fraction of sp³-hybridized carbons (Fsp3) is 0.385. The number of hydrogen-bond donors (Lipinski definition) is 1. The second kappa shape index (κ2) is 3.97. The fourth-order valence-electron chi connectivity index (χ4n) is 2.08. The summed E-state index contributed by atoms with van der Waals surface area (Å²) < 4.78 is 0. The number of benzene rings is 1. The van der Waals surface area contributed by atoms with Crippen LogP contribution in [0.3, 0.4) is 0 Å². The SMILES string of the molecule is Cc1ccc2c(c1)/C(=C\CCN)CC2. The van der Waals surface area contributed by atoms with Gasteiger partial charge in [-0.1, -0.05) is 29.8 Å². The second-order valence-corrected chi connectivity index (χ2v) is 3.97. The van der Waals surface area contributed by atoms with Crippen molar-refractivity contribution >= 4 is 5.57 Å².